The Hall–Kier alpha value is -1.87. The molecule has 1 aliphatic heterocycles. The van der Waals surface area contributed by atoms with E-state index in [0.29, 0.717) is 0 Å². The molecule has 2 N–H and O–H groups in total. The predicted octanol–water partition coefficient (Wildman–Crippen LogP) is 2.65. The number of hydrogen-bond acceptors (Lipinski definition) is 3. The van der Waals surface area contributed by atoms with Gasteiger partial charge in [0.2, 0.25) is 0 Å². The highest BCUT2D eigenvalue weighted by Crippen LogP contribution is 2.26. The van der Waals surface area contributed by atoms with Gasteiger partial charge in [0.25, 0.3) is 0 Å². The Kier molecular flexibility index (Phi) is 3.47. The summed E-state index contributed by atoms with van der Waals surface area (Å²) in [6.45, 7) is 4.78. The molecule has 0 spiro atoms. The average molecular weight is 253 g/mol. The summed E-state index contributed by atoms with van der Waals surface area (Å²) in [7, 11) is 0. The van der Waals surface area contributed by atoms with Gasteiger partial charge in [0.05, 0.1) is 5.69 Å². The summed E-state index contributed by atoms with van der Waals surface area (Å²) in [6, 6.07) is 12.7. The van der Waals surface area contributed by atoms with Crippen molar-refractivity contribution in [2.45, 2.75) is 26.4 Å². The van der Waals surface area contributed by atoms with E-state index in [1.165, 1.54) is 16.8 Å². The Morgan fingerprint density at radius 2 is 2.05 bits per heavy atom. The van der Waals surface area contributed by atoms with Crippen molar-refractivity contribution in [1.29, 1.82) is 0 Å². The van der Waals surface area contributed by atoms with Crippen LogP contribution in [0.3, 0.4) is 0 Å². The highest BCUT2D eigenvalue weighted by molar-refractivity contribution is 5.61. The summed E-state index contributed by atoms with van der Waals surface area (Å²) in [5, 5.41) is 6.94. The van der Waals surface area contributed by atoms with Crippen molar-refractivity contribution in [3.63, 3.8) is 0 Å². The van der Waals surface area contributed by atoms with Gasteiger partial charge in [0.1, 0.15) is 0 Å². The normalized spacial score (nSPS) is 13.1. The second-order valence-corrected chi connectivity index (χ2v) is 5.00. The van der Waals surface area contributed by atoms with Gasteiger partial charge >= 0.3 is 0 Å². The van der Waals surface area contributed by atoms with E-state index in [0.717, 1.165) is 37.4 Å². The van der Waals surface area contributed by atoms with E-state index >= 15 is 0 Å². The van der Waals surface area contributed by atoms with Crippen molar-refractivity contribution in [3.8, 4) is 0 Å². The topological polar surface area (TPSA) is 37.0 Å². The van der Waals surface area contributed by atoms with Gasteiger partial charge < -0.3 is 10.6 Å². The number of nitrogens with one attached hydrogen (secondary N) is 2. The van der Waals surface area contributed by atoms with Crippen molar-refractivity contribution in [1.82, 2.24) is 10.3 Å². The first-order chi connectivity index (χ1) is 9.33. The number of fused-ring (bicyclic) bond motifs is 1. The van der Waals surface area contributed by atoms with E-state index in [4.69, 9.17) is 0 Å². The lowest BCUT2D eigenvalue weighted by molar-refractivity contribution is 0.679. The second kappa shape index (κ2) is 5.41. The number of aryl methyl sites for hydroxylation is 1. The summed E-state index contributed by atoms with van der Waals surface area (Å²) >= 11 is 0. The van der Waals surface area contributed by atoms with Crippen LogP contribution >= 0.6 is 0 Å². The molecule has 0 saturated carbocycles. The molecule has 3 nitrogen and oxygen atoms in total. The van der Waals surface area contributed by atoms with Crippen LogP contribution in [0.1, 0.15) is 22.5 Å². The Bertz CT molecular complexity index is 578. The molecule has 1 aliphatic rings. The fourth-order valence-electron chi connectivity index (χ4n) is 2.58. The zero-order valence-electron chi connectivity index (χ0n) is 11.2. The molecule has 0 unspecified atom stereocenters. The number of rotatable bonds is 4. The molecular formula is C16H19N3. The maximum absolute atomic E-state index is 4.50. The lowest BCUT2D eigenvalue weighted by atomic mass is 10.1. The molecular weight excluding hydrogens is 234 g/mol. The molecule has 2 aromatic rings. The largest absolute Gasteiger partial charge is 0.384 e. The first-order valence-electron chi connectivity index (χ1n) is 6.81. The van der Waals surface area contributed by atoms with Crippen LogP contribution in [0.4, 0.5) is 5.69 Å². The van der Waals surface area contributed by atoms with Gasteiger partial charge in [-0.3, -0.25) is 4.98 Å². The van der Waals surface area contributed by atoms with Crippen LogP contribution in [0.2, 0.25) is 0 Å². The molecule has 0 radical (unpaired) electrons. The van der Waals surface area contributed by atoms with E-state index < -0.39 is 0 Å². The zero-order chi connectivity index (χ0) is 13.1. The van der Waals surface area contributed by atoms with Crippen molar-refractivity contribution in [3.05, 3.63) is 58.9 Å². The fourth-order valence-corrected chi connectivity index (χ4v) is 2.58. The number of benzene rings is 1. The molecule has 19 heavy (non-hydrogen) atoms. The lowest BCUT2D eigenvalue weighted by Crippen LogP contribution is -2.14. The summed E-state index contributed by atoms with van der Waals surface area (Å²) in [5.41, 5.74) is 6.28. The first kappa shape index (κ1) is 12.2. The number of para-hydroxylation sites is 1. The first-order valence-corrected chi connectivity index (χ1v) is 6.81. The third kappa shape index (κ3) is 2.76. The van der Waals surface area contributed by atoms with Gasteiger partial charge in [-0.25, -0.2) is 0 Å². The molecule has 2 heterocycles. The molecule has 1 aromatic heterocycles. The standard InChI is InChI=1S/C16H19N3/c1-12-4-2-7-15(19-12)11-17-10-14-6-3-5-13-8-9-18-16(13)14/h2-7,17-18H,8-11H2,1H3. The van der Waals surface area contributed by atoms with Crippen molar-refractivity contribution < 1.29 is 0 Å². The minimum absolute atomic E-state index is 0.811. The van der Waals surface area contributed by atoms with E-state index in [1.807, 2.05) is 13.0 Å². The molecule has 0 saturated heterocycles. The quantitative estimate of drug-likeness (QED) is 0.879. The monoisotopic (exact) mass is 253 g/mol. The van der Waals surface area contributed by atoms with Crippen molar-refractivity contribution >= 4 is 5.69 Å². The molecule has 1 aromatic carbocycles. The number of pyridine rings is 1. The van der Waals surface area contributed by atoms with E-state index in [2.05, 4.69) is 45.9 Å². The highest BCUT2D eigenvalue weighted by Gasteiger charge is 2.12. The number of nitrogens with zero attached hydrogens (tertiary/aromatic N) is 1. The van der Waals surface area contributed by atoms with Gasteiger partial charge in [-0.1, -0.05) is 24.3 Å². The van der Waals surface area contributed by atoms with Crippen LogP contribution in [0, 0.1) is 6.92 Å². The van der Waals surface area contributed by atoms with Gasteiger partial charge in [-0.05, 0) is 36.6 Å². The Balaban J connectivity index is 1.63. The minimum Gasteiger partial charge on any atom is -0.384 e. The Labute approximate surface area is 114 Å². The predicted molar refractivity (Wildman–Crippen MR) is 78.2 cm³/mol. The molecule has 0 amide bonds. The molecule has 0 aliphatic carbocycles. The van der Waals surface area contributed by atoms with Crippen molar-refractivity contribution in [2.75, 3.05) is 11.9 Å². The average Bonchev–Trinajstić information content (AvgIpc) is 2.88. The molecule has 3 heteroatoms. The number of aromatic nitrogens is 1. The van der Waals surface area contributed by atoms with E-state index in [-0.39, 0.29) is 0 Å². The maximum atomic E-state index is 4.50. The summed E-state index contributed by atoms with van der Waals surface area (Å²) in [4.78, 5) is 4.50. The van der Waals surface area contributed by atoms with Crippen LogP contribution < -0.4 is 10.6 Å². The lowest BCUT2D eigenvalue weighted by Gasteiger charge is -2.10. The van der Waals surface area contributed by atoms with Crippen LogP contribution in [-0.2, 0) is 19.5 Å². The minimum atomic E-state index is 0.811. The van der Waals surface area contributed by atoms with E-state index in [9.17, 15) is 0 Å². The van der Waals surface area contributed by atoms with E-state index in [1.54, 1.807) is 0 Å². The fraction of sp³-hybridized carbons (Fsp3) is 0.312. The summed E-state index contributed by atoms with van der Waals surface area (Å²) < 4.78 is 0. The van der Waals surface area contributed by atoms with Crippen LogP contribution in [0.15, 0.2) is 36.4 Å². The zero-order valence-corrected chi connectivity index (χ0v) is 11.2. The Morgan fingerprint density at radius 1 is 1.16 bits per heavy atom. The molecule has 3 rings (SSSR count). The second-order valence-electron chi connectivity index (χ2n) is 5.00. The molecule has 0 atom stereocenters. The number of hydrogen-bond donors (Lipinski definition) is 2. The summed E-state index contributed by atoms with van der Waals surface area (Å²) in [6.07, 6.45) is 1.14. The van der Waals surface area contributed by atoms with Crippen LogP contribution in [0.25, 0.3) is 0 Å². The summed E-state index contributed by atoms with van der Waals surface area (Å²) in [5.74, 6) is 0. The van der Waals surface area contributed by atoms with Gasteiger partial charge in [-0.2, -0.15) is 0 Å². The SMILES string of the molecule is Cc1cccc(CNCc2cccc3c2NCC3)n1. The van der Waals surface area contributed by atoms with Gasteiger partial charge in [-0.15, -0.1) is 0 Å². The smallest absolute Gasteiger partial charge is 0.0544 e. The molecule has 0 fully saturated rings. The third-order valence-corrected chi connectivity index (χ3v) is 3.50. The van der Waals surface area contributed by atoms with Crippen LogP contribution in [0.5, 0.6) is 0 Å². The Morgan fingerprint density at radius 3 is 2.95 bits per heavy atom. The highest BCUT2D eigenvalue weighted by atomic mass is 14.9. The van der Waals surface area contributed by atoms with Gasteiger partial charge in [0, 0.05) is 31.0 Å². The molecule has 0 bridgehead atoms. The van der Waals surface area contributed by atoms with Gasteiger partial charge in [0.15, 0.2) is 0 Å². The van der Waals surface area contributed by atoms with Crippen molar-refractivity contribution in [2.24, 2.45) is 0 Å². The van der Waals surface area contributed by atoms with Crippen LogP contribution in [-0.4, -0.2) is 11.5 Å². The number of anilines is 1. The molecule has 98 valence electrons. The maximum Gasteiger partial charge on any atom is 0.0544 e. The third-order valence-electron chi connectivity index (χ3n) is 3.50.